The minimum absolute atomic E-state index is 0.0816. The number of aliphatic hydroxyl groups is 2. The average molecular weight is 1520 g/mol. The van der Waals surface area contributed by atoms with Crippen LogP contribution in [0.25, 0.3) is 0 Å². The van der Waals surface area contributed by atoms with Crippen molar-refractivity contribution in [3.63, 3.8) is 0 Å². The Hall–Kier alpha value is -8.15. The Morgan fingerprint density at radius 1 is 0.303 bits per heavy atom. The number of ketones is 5. The number of hydrogen-bond acceptors (Lipinski definition) is 17. The van der Waals surface area contributed by atoms with Gasteiger partial charge in [-0.05, 0) is 171 Å². The van der Waals surface area contributed by atoms with E-state index in [1.165, 1.54) is 138 Å². The Bertz CT molecular complexity index is 3300. The van der Waals surface area contributed by atoms with Crippen LogP contribution in [-0.2, 0) is 56.1 Å². The quantitative estimate of drug-likeness (QED) is 0.0141. The lowest BCUT2D eigenvalue weighted by atomic mass is 10.0. The summed E-state index contributed by atoms with van der Waals surface area (Å²) in [5, 5.41) is 67.5. The van der Waals surface area contributed by atoms with Crippen LogP contribution in [0.15, 0.2) is 115 Å². The highest BCUT2D eigenvalue weighted by molar-refractivity contribution is 5.90. The van der Waals surface area contributed by atoms with E-state index in [4.69, 9.17) is 23.7 Å². The first-order valence-corrected chi connectivity index (χ1v) is 40.7. The zero-order valence-corrected chi connectivity index (χ0v) is 68.3. The number of aliphatic hydroxyl groups excluding tert-OH is 2. The molecule has 0 aromatic heterocycles. The maximum atomic E-state index is 12.0. The number of allylic oxidation sites excluding steroid dienone is 4. The number of aryl methyl sites for hydroxylation is 5. The third kappa shape index (κ3) is 50.3. The van der Waals surface area contributed by atoms with Gasteiger partial charge in [0.2, 0.25) is 0 Å². The number of methoxy groups -OCH3 is 5. The second-order valence-corrected chi connectivity index (χ2v) is 28.2. The number of ether oxygens (including phenoxy) is 5. The summed E-state index contributed by atoms with van der Waals surface area (Å²) in [5.74, 6) is 3.58. The van der Waals surface area contributed by atoms with E-state index in [-0.39, 0.29) is 64.7 Å². The summed E-state index contributed by atoms with van der Waals surface area (Å²) in [6, 6.07) is 25.8. The van der Waals surface area contributed by atoms with Crippen LogP contribution in [0.2, 0.25) is 0 Å². The van der Waals surface area contributed by atoms with E-state index in [2.05, 4.69) is 34.6 Å². The molecule has 0 radical (unpaired) electrons. The summed E-state index contributed by atoms with van der Waals surface area (Å²) in [7, 11) is 7.57. The number of Topliss-reactive ketones (excluding diaryl/α,β-unsaturated/α-hetero) is 3. The average Bonchev–Trinajstić information content (AvgIpc) is 0.905. The topological polar surface area (TPSA) is 273 Å². The minimum Gasteiger partial charge on any atom is -0.504 e. The predicted octanol–water partition coefficient (Wildman–Crippen LogP) is 21.5. The molecule has 0 spiro atoms. The highest BCUT2D eigenvalue weighted by atomic mass is 16.5. The van der Waals surface area contributed by atoms with Crippen LogP contribution >= 0.6 is 0 Å². The van der Waals surface area contributed by atoms with Gasteiger partial charge < -0.3 is 59.4 Å². The van der Waals surface area contributed by atoms with Gasteiger partial charge in [0.15, 0.2) is 69.1 Å². The van der Waals surface area contributed by atoms with Crippen LogP contribution in [0, 0.1) is 0 Å². The molecule has 0 aliphatic heterocycles. The van der Waals surface area contributed by atoms with Crippen molar-refractivity contribution in [2.75, 3.05) is 35.5 Å². The van der Waals surface area contributed by atoms with E-state index >= 15 is 0 Å². The molecule has 610 valence electrons. The first-order chi connectivity index (χ1) is 52.6. The molecule has 0 aliphatic rings. The molecule has 5 aromatic carbocycles. The molecule has 0 fully saturated rings. The second kappa shape index (κ2) is 64.6. The lowest BCUT2D eigenvalue weighted by Crippen LogP contribution is -2.14. The summed E-state index contributed by atoms with van der Waals surface area (Å²) < 4.78 is 25.3. The molecule has 0 saturated heterocycles. The zero-order valence-electron chi connectivity index (χ0n) is 68.3. The molecule has 0 aliphatic carbocycles. The van der Waals surface area contributed by atoms with Crippen molar-refractivity contribution in [1.29, 1.82) is 0 Å². The van der Waals surface area contributed by atoms with Crippen molar-refractivity contribution < 1.29 is 83.4 Å². The molecule has 109 heavy (non-hydrogen) atoms. The first kappa shape index (κ1) is 98.9. The number of aromatic hydroxyl groups is 5. The van der Waals surface area contributed by atoms with Gasteiger partial charge in [0.05, 0.1) is 47.8 Å². The van der Waals surface area contributed by atoms with Gasteiger partial charge in [-0.1, -0.05) is 218 Å². The van der Waals surface area contributed by atoms with Crippen molar-refractivity contribution >= 4 is 28.9 Å². The molecule has 0 heterocycles. The molecule has 0 saturated carbocycles. The summed E-state index contributed by atoms with van der Waals surface area (Å²) in [6.45, 7) is 10.9. The molecule has 17 nitrogen and oxygen atoms in total. The number of unbranched alkanes of at least 4 members (excludes halogenated alkanes) is 21. The molecular weight excluding hydrogens is 1380 g/mol. The van der Waals surface area contributed by atoms with E-state index < -0.39 is 12.2 Å². The van der Waals surface area contributed by atoms with Gasteiger partial charge in [0, 0.05) is 51.4 Å². The molecule has 5 aromatic rings. The number of carbonyl (C=O) groups is 5. The van der Waals surface area contributed by atoms with Crippen molar-refractivity contribution in [2.24, 2.45) is 0 Å². The Morgan fingerprint density at radius 2 is 0.550 bits per heavy atom. The molecule has 0 amide bonds. The number of rotatable bonds is 55. The normalized spacial score (nSPS) is 11.4. The van der Waals surface area contributed by atoms with Gasteiger partial charge >= 0.3 is 0 Å². The maximum Gasteiger partial charge on any atom is 0.160 e. The van der Waals surface area contributed by atoms with Crippen molar-refractivity contribution in [3.05, 3.63) is 143 Å². The molecule has 2 unspecified atom stereocenters. The number of hydrogen-bond donors (Lipinski definition) is 7. The van der Waals surface area contributed by atoms with Gasteiger partial charge in [0.25, 0.3) is 0 Å². The molecule has 17 heteroatoms. The van der Waals surface area contributed by atoms with E-state index in [0.29, 0.717) is 118 Å². The summed E-state index contributed by atoms with van der Waals surface area (Å²) in [4.78, 5) is 59.2. The van der Waals surface area contributed by atoms with Crippen LogP contribution in [0.4, 0.5) is 0 Å². The number of carbonyl (C=O) groups excluding carboxylic acids is 5. The highest BCUT2D eigenvalue weighted by Gasteiger charge is 2.15. The second-order valence-electron chi connectivity index (χ2n) is 28.2. The van der Waals surface area contributed by atoms with Crippen LogP contribution < -0.4 is 23.7 Å². The lowest BCUT2D eigenvalue weighted by Gasteiger charge is -2.10. The highest BCUT2D eigenvalue weighted by Crippen LogP contribution is 2.31. The van der Waals surface area contributed by atoms with Gasteiger partial charge in [-0.15, -0.1) is 0 Å². The van der Waals surface area contributed by atoms with E-state index in [9.17, 15) is 59.7 Å². The smallest absolute Gasteiger partial charge is 0.160 e. The Balaban J connectivity index is 0.000000683. The predicted molar refractivity (Wildman–Crippen MR) is 442 cm³/mol. The van der Waals surface area contributed by atoms with Gasteiger partial charge in [-0.3, -0.25) is 24.0 Å². The Morgan fingerprint density at radius 3 is 0.844 bits per heavy atom. The monoisotopic (exact) mass is 1520 g/mol. The first-order valence-electron chi connectivity index (χ1n) is 40.7. The van der Waals surface area contributed by atoms with Crippen molar-refractivity contribution in [2.45, 2.75) is 310 Å². The molecular formula is C92H140O17. The summed E-state index contributed by atoms with van der Waals surface area (Å²) >= 11 is 0. The minimum atomic E-state index is -0.516. The number of phenolic OH excluding ortho intramolecular Hbond substituents is 5. The fraction of sp³-hybridized carbons (Fsp3) is 0.576. The molecule has 2 atom stereocenters. The molecule has 5 rings (SSSR count). The van der Waals surface area contributed by atoms with Crippen LogP contribution in [-0.4, -0.2) is 112 Å². The van der Waals surface area contributed by atoms with Gasteiger partial charge in [-0.25, -0.2) is 0 Å². The van der Waals surface area contributed by atoms with Crippen LogP contribution in [0.1, 0.15) is 294 Å². The number of benzene rings is 5. The van der Waals surface area contributed by atoms with Crippen LogP contribution in [0.5, 0.6) is 57.5 Å². The van der Waals surface area contributed by atoms with Gasteiger partial charge in [-0.2, -0.15) is 0 Å². The molecule has 0 bridgehead atoms. The maximum absolute atomic E-state index is 12.0. The van der Waals surface area contributed by atoms with Crippen molar-refractivity contribution in [3.8, 4) is 57.5 Å². The fourth-order valence-electron chi connectivity index (χ4n) is 11.9. The molecule has 7 N–H and O–H groups in total. The largest absolute Gasteiger partial charge is 0.504 e. The van der Waals surface area contributed by atoms with Crippen LogP contribution in [0.3, 0.4) is 0 Å². The van der Waals surface area contributed by atoms with E-state index in [1.54, 1.807) is 84.9 Å². The third-order valence-corrected chi connectivity index (χ3v) is 18.7. The summed E-state index contributed by atoms with van der Waals surface area (Å²) in [5.41, 5.74) is 4.91. The Labute approximate surface area is 655 Å². The zero-order chi connectivity index (χ0) is 80.7. The van der Waals surface area contributed by atoms with E-state index in [1.807, 2.05) is 30.4 Å². The summed E-state index contributed by atoms with van der Waals surface area (Å²) in [6.07, 6.45) is 45.2. The fourth-order valence-corrected chi connectivity index (χ4v) is 11.9. The van der Waals surface area contributed by atoms with E-state index in [0.717, 1.165) is 92.0 Å². The SMILES string of the molecule is CCCC/C=C/C(=O)CCc1ccc(O)c(OC)c1.CCCCC/C=C/C(=O)CCc1ccc(O)c(OC)c1.CCCCCCCC(O)CC(=O)CCc1ccc(O)c(OC)c1.CCCCCCCCCC(=O)CCc1ccc(O)c(OC)c1.CCCCCCCCCC(O)CC(=O)CCc1ccc(O)c(OC)c1. The lowest BCUT2D eigenvalue weighted by molar-refractivity contribution is -0.121. The standard InChI is InChI=1S/C21H34O4.C19H30O4.C19H30O3.C17H24O3.C16H22O3/c1-3-4-5-6-7-8-9-10-18(22)16-19(23)13-11-17-12-14-20(24)21(15-17)25-2;1-3-4-5-6-7-8-16(20)14-17(21)11-9-15-10-12-18(22)19(13-15)23-2;1-3-4-5-6-7-8-9-10-17(20)13-11-16-12-14-18(21)19(15-16)22-2;1-3-4-5-6-7-8-15(18)11-9-14-10-12-16(19)17(13-14)20-2;1-3-4-5-6-7-14(17)10-8-13-9-11-15(18)16(12-13)19-2/h12,14-15,18,22,24H,3-11,13,16H2,1-2H3;10,12-13,16,20,22H,3-9,11,14H2,1-2H3;12,14-15,21H,3-11,13H2,1-2H3;7-8,10,12-13,19H,3-6,9,11H2,1-2H3;6-7,9,11-12,18H,3-5,8,10H2,1-2H3/b;;;8-7+;7-6+. The van der Waals surface area contributed by atoms with Crippen molar-refractivity contribution in [1.82, 2.24) is 0 Å². The van der Waals surface area contributed by atoms with Gasteiger partial charge in [0.1, 0.15) is 17.3 Å². The third-order valence-electron chi connectivity index (χ3n) is 18.7. The number of phenols is 5. The Kier molecular flexibility index (Phi) is 58.6.